The summed E-state index contributed by atoms with van der Waals surface area (Å²) in [6.07, 6.45) is 7.15. The number of fused-ring (bicyclic) bond motifs is 1. The van der Waals surface area contributed by atoms with E-state index in [-0.39, 0.29) is 0 Å². The average Bonchev–Trinajstić information content (AvgIpc) is 2.43. The topological polar surface area (TPSA) is 24.9 Å². The molecular formula is C15H20N2S. The maximum atomic E-state index is 4.20. The van der Waals surface area contributed by atoms with E-state index in [2.05, 4.69) is 47.7 Å². The molecule has 2 nitrogen and oxygen atoms in total. The summed E-state index contributed by atoms with van der Waals surface area (Å²) >= 11 is 1.90. The molecule has 1 aromatic carbocycles. The smallest absolute Gasteiger partial charge is 0.0346 e. The zero-order valence-electron chi connectivity index (χ0n) is 11.0. The van der Waals surface area contributed by atoms with Crippen LogP contribution in [0.15, 0.2) is 36.7 Å². The first-order chi connectivity index (χ1) is 8.86. The van der Waals surface area contributed by atoms with Crippen molar-refractivity contribution in [1.29, 1.82) is 0 Å². The Morgan fingerprint density at radius 3 is 3.00 bits per heavy atom. The van der Waals surface area contributed by atoms with Gasteiger partial charge < -0.3 is 5.32 Å². The van der Waals surface area contributed by atoms with Crippen molar-refractivity contribution in [2.24, 2.45) is 0 Å². The molecule has 0 saturated carbocycles. The second-order valence-electron chi connectivity index (χ2n) is 4.34. The van der Waals surface area contributed by atoms with Crippen LogP contribution in [0.5, 0.6) is 0 Å². The van der Waals surface area contributed by atoms with Gasteiger partial charge in [0.1, 0.15) is 0 Å². The van der Waals surface area contributed by atoms with Gasteiger partial charge in [-0.2, -0.15) is 11.8 Å². The van der Waals surface area contributed by atoms with Gasteiger partial charge in [-0.15, -0.1) is 0 Å². The molecule has 96 valence electrons. The first kappa shape index (κ1) is 13.4. The van der Waals surface area contributed by atoms with E-state index in [0.29, 0.717) is 6.04 Å². The Bertz CT molecular complexity index is 493. The fraction of sp³-hybridized carbons (Fsp3) is 0.400. The van der Waals surface area contributed by atoms with Gasteiger partial charge in [-0.1, -0.05) is 25.1 Å². The Hall–Kier alpha value is -1.06. The van der Waals surface area contributed by atoms with Crippen molar-refractivity contribution < 1.29 is 0 Å². The van der Waals surface area contributed by atoms with E-state index in [1.54, 1.807) is 0 Å². The lowest BCUT2D eigenvalue weighted by atomic mass is 9.98. The van der Waals surface area contributed by atoms with E-state index < -0.39 is 0 Å². The SMILES string of the molecule is CCNC(CCSC)c1cccc2cnccc12. The fourth-order valence-electron chi connectivity index (χ4n) is 2.30. The lowest BCUT2D eigenvalue weighted by Gasteiger charge is -2.19. The van der Waals surface area contributed by atoms with Crippen LogP contribution >= 0.6 is 11.8 Å². The van der Waals surface area contributed by atoms with E-state index in [1.165, 1.54) is 22.1 Å². The molecule has 0 aliphatic rings. The van der Waals surface area contributed by atoms with Gasteiger partial charge in [-0.3, -0.25) is 4.98 Å². The molecule has 2 rings (SSSR count). The molecule has 1 N–H and O–H groups in total. The van der Waals surface area contributed by atoms with Crippen LogP contribution in [-0.2, 0) is 0 Å². The maximum absolute atomic E-state index is 4.20. The van der Waals surface area contributed by atoms with Crippen LogP contribution in [0.1, 0.15) is 24.9 Å². The Balaban J connectivity index is 2.36. The number of aromatic nitrogens is 1. The summed E-state index contributed by atoms with van der Waals surface area (Å²) < 4.78 is 0. The largest absolute Gasteiger partial charge is 0.310 e. The summed E-state index contributed by atoms with van der Waals surface area (Å²) in [4.78, 5) is 4.20. The average molecular weight is 260 g/mol. The van der Waals surface area contributed by atoms with Crippen molar-refractivity contribution in [3.63, 3.8) is 0 Å². The van der Waals surface area contributed by atoms with Crippen LogP contribution in [-0.4, -0.2) is 23.5 Å². The Kier molecular flexibility index (Phi) is 5.02. The lowest BCUT2D eigenvalue weighted by Crippen LogP contribution is -2.21. The van der Waals surface area contributed by atoms with Gasteiger partial charge in [0.05, 0.1) is 0 Å². The third-order valence-corrected chi connectivity index (χ3v) is 3.80. The zero-order valence-corrected chi connectivity index (χ0v) is 11.8. The predicted octanol–water partition coefficient (Wildman–Crippen LogP) is 3.64. The number of nitrogens with one attached hydrogen (secondary N) is 1. The molecule has 1 aromatic heterocycles. The molecule has 2 aromatic rings. The van der Waals surface area contributed by atoms with Crippen LogP contribution in [0.25, 0.3) is 10.8 Å². The summed E-state index contributed by atoms with van der Waals surface area (Å²) in [5.74, 6) is 1.18. The van der Waals surface area contributed by atoms with Gasteiger partial charge in [0.2, 0.25) is 0 Å². The van der Waals surface area contributed by atoms with Gasteiger partial charge in [0.15, 0.2) is 0 Å². The molecular weight excluding hydrogens is 240 g/mol. The Morgan fingerprint density at radius 2 is 2.22 bits per heavy atom. The minimum absolute atomic E-state index is 0.438. The van der Waals surface area contributed by atoms with Gasteiger partial charge >= 0.3 is 0 Å². The molecule has 0 amide bonds. The van der Waals surface area contributed by atoms with Gasteiger partial charge in [-0.05, 0) is 42.0 Å². The molecule has 3 heteroatoms. The quantitative estimate of drug-likeness (QED) is 0.858. The molecule has 1 unspecified atom stereocenters. The number of nitrogens with zero attached hydrogens (tertiary/aromatic N) is 1. The summed E-state index contributed by atoms with van der Waals surface area (Å²) in [5.41, 5.74) is 1.39. The predicted molar refractivity (Wildman–Crippen MR) is 81.2 cm³/mol. The van der Waals surface area contributed by atoms with E-state index in [9.17, 15) is 0 Å². The first-order valence-electron chi connectivity index (χ1n) is 6.41. The van der Waals surface area contributed by atoms with Crippen molar-refractivity contribution in [3.8, 4) is 0 Å². The van der Waals surface area contributed by atoms with Crippen LogP contribution in [0.3, 0.4) is 0 Å². The van der Waals surface area contributed by atoms with Gasteiger partial charge in [0, 0.05) is 23.8 Å². The molecule has 0 spiro atoms. The molecule has 1 heterocycles. The highest BCUT2D eigenvalue weighted by atomic mass is 32.2. The highest BCUT2D eigenvalue weighted by Gasteiger charge is 2.12. The summed E-state index contributed by atoms with van der Waals surface area (Å²) in [6, 6.07) is 9.05. The van der Waals surface area contributed by atoms with E-state index in [0.717, 1.165) is 13.0 Å². The van der Waals surface area contributed by atoms with Crippen LogP contribution in [0.2, 0.25) is 0 Å². The zero-order chi connectivity index (χ0) is 12.8. The highest BCUT2D eigenvalue weighted by molar-refractivity contribution is 7.98. The van der Waals surface area contributed by atoms with Crippen LogP contribution < -0.4 is 5.32 Å². The Labute approximate surface area is 113 Å². The fourth-order valence-corrected chi connectivity index (χ4v) is 2.77. The third kappa shape index (κ3) is 3.03. The number of rotatable bonds is 6. The minimum Gasteiger partial charge on any atom is -0.310 e. The molecule has 0 saturated heterocycles. The molecule has 0 aliphatic heterocycles. The number of thioether (sulfide) groups is 1. The lowest BCUT2D eigenvalue weighted by molar-refractivity contribution is 0.544. The number of hydrogen-bond donors (Lipinski definition) is 1. The summed E-state index contributed by atoms with van der Waals surface area (Å²) in [6.45, 7) is 3.17. The van der Waals surface area contributed by atoms with Crippen molar-refractivity contribution in [3.05, 3.63) is 42.2 Å². The van der Waals surface area contributed by atoms with Crippen molar-refractivity contribution >= 4 is 22.5 Å². The number of pyridine rings is 1. The number of benzene rings is 1. The van der Waals surface area contributed by atoms with Gasteiger partial charge in [0.25, 0.3) is 0 Å². The van der Waals surface area contributed by atoms with Crippen molar-refractivity contribution in [2.75, 3.05) is 18.6 Å². The summed E-state index contributed by atoms with van der Waals surface area (Å²) in [5, 5.41) is 6.14. The second kappa shape index (κ2) is 6.76. The maximum Gasteiger partial charge on any atom is 0.0346 e. The third-order valence-electron chi connectivity index (χ3n) is 3.15. The monoisotopic (exact) mass is 260 g/mol. The van der Waals surface area contributed by atoms with E-state index in [1.807, 2.05) is 24.2 Å². The standard InChI is InChI=1S/C15H20N2S/c1-3-17-15(8-10-18-2)14-6-4-5-12-11-16-9-7-13(12)14/h4-7,9,11,15,17H,3,8,10H2,1-2H3. The van der Waals surface area contributed by atoms with Crippen molar-refractivity contribution in [2.45, 2.75) is 19.4 Å². The van der Waals surface area contributed by atoms with Crippen molar-refractivity contribution in [1.82, 2.24) is 10.3 Å². The molecule has 0 bridgehead atoms. The molecule has 0 aliphatic carbocycles. The molecule has 0 fully saturated rings. The normalized spacial score (nSPS) is 12.8. The first-order valence-corrected chi connectivity index (χ1v) is 7.81. The minimum atomic E-state index is 0.438. The highest BCUT2D eigenvalue weighted by Crippen LogP contribution is 2.26. The molecule has 18 heavy (non-hydrogen) atoms. The van der Waals surface area contributed by atoms with Crippen LogP contribution in [0, 0.1) is 0 Å². The van der Waals surface area contributed by atoms with Gasteiger partial charge in [-0.25, -0.2) is 0 Å². The van der Waals surface area contributed by atoms with E-state index in [4.69, 9.17) is 0 Å². The second-order valence-corrected chi connectivity index (χ2v) is 5.32. The Morgan fingerprint density at radius 1 is 1.33 bits per heavy atom. The van der Waals surface area contributed by atoms with Crippen LogP contribution in [0.4, 0.5) is 0 Å². The molecule has 1 atom stereocenters. The summed E-state index contributed by atoms with van der Waals surface area (Å²) in [7, 11) is 0. The van der Waals surface area contributed by atoms with E-state index >= 15 is 0 Å². The molecule has 0 radical (unpaired) electrons. The number of hydrogen-bond acceptors (Lipinski definition) is 3.